The summed E-state index contributed by atoms with van der Waals surface area (Å²) in [6.07, 6.45) is 5.36. The third-order valence-electron chi connectivity index (χ3n) is 3.76. The van der Waals surface area contributed by atoms with Crippen LogP contribution in [0.3, 0.4) is 0 Å². The van der Waals surface area contributed by atoms with E-state index in [0.717, 1.165) is 12.1 Å². The molecule has 2 saturated heterocycles. The van der Waals surface area contributed by atoms with Crippen molar-refractivity contribution in [2.24, 2.45) is 0 Å². The Morgan fingerprint density at radius 3 is 2.73 bits per heavy atom. The van der Waals surface area contributed by atoms with E-state index in [1.165, 1.54) is 58.4 Å². The summed E-state index contributed by atoms with van der Waals surface area (Å²) in [5.41, 5.74) is 0. The van der Waals surface area contributed by atoms with Gasteiger partial charge in [-0.25, -0.2) is 0 Å². The third-order valence-corrected chi connectivity index (χ3v) is 3.76. The number of likely N-dealkylation sites (N-methyl/N-ethyl adjacent to an activating group) is 1. The quantitative estimate of drug-likeness (QED) is 0.723. The summed E-state index contributed by atoms with van der Waals surface area (Å²) in [6.45, 7) is 8.45. The van der Waals surface area contributed by atoms with Crippen LogP contribution in [0, 0.1) is 0 Å². The molecule has 2 heterocycles. The van der Waals surface area contributed by atoms with Gasteiger partial charge in [-0.2, -0.15) is 0 Å². The smallest absolute Gasteiger partial charge is 0.0198 e. The highest BCUT2D eigenvalue weighted by molar-refractivity contribution is 4.83. The highest BCUT2D eigenvalue weighted by Crippen LogP contribution is 2.12. The molecule has 0 radical (unpaired) electrons. The number of rotatable bonds is 3. The molecule has 1 unspecified atom stereocenters. The molecule has 88 valence electrons. The predicted molar refractivity (Wildman–Crippen MR) is 64.2 cm³/mol. The first-order chi connectivity index (χ1) is 7.38. The minimum absolute atomic E-state index is 0.752. The van der Waals surface area contributed by atoms with Gasteiger partial charge in [-0.15, -0.1) is 0 Å². The maximum Gasteiger partial charge on any atom is 0.0198 e. The number of nitrogens with one attached hydrogen (secondary N) is 2. The van der Waals surface area contributed by atoms with Gasteiger partial charge in [-0.3, -0.25) is 0 Å². The molecule has 3 heteroatoms. The molecule has 2 aliphatic rings. The normalized spacial score (nSPS) is 30.6. The van der Waals surface area contributed by atoms with E-state index in [9.17, 15) is 0 Å². The standard InChI is InChI=1S/C12H25N3/c1-2-15-9-3-4-12(10-15)14-11-5-7-13-8-6-11/h11-14H,2-10H2,1H3. The van der Waals surface area contributed by atoms with E-state index in [1.807, 2.05) is 0 Å². The van der Waals surface area contributed by atoms with Crippen LogP contribution in [0.15, 0.2) is 0 Å². The summed E-state index contributed by atoms with van der Waals surface area (Å²) < 4.78 is 0. The van der Waals surface area contributed by atoms with E-state index in [2.05, 4.69) is 22.5 Å². The zero-order valence-electron chi connectivity index (χ0n) is 9.97. The van der Waals surface area contributed by atoms with Gasteiger partial charge in [-0.1, -0.05) is 6.92 Å². The van der Waals surface area contributed by atoms with E-state index in [-0.39, 0.29) is 0 Å². The van der Waals surface area contributed by atoms with Gasteiger partial charge in [0.1, 0.15) is 0 Å². The molecule has 1 atom stereocenters. The molecule has 0 spiro atoms. The van der Waals surface area contributed by atoms with Crippen LogP contribution >= 0.6 is 0 Å². The van der Waals surface area contributed by atoms with Crippen LogP contribution < -0.4 is 10.6 Å². The molecule has 0 aromatic heterocycles. The average molecular weight is 211 g/mol. The average Bonchev–Trinajstić information content (AvgIpc) is 2.31. The fraction of sp³-hybridized carbons (Fsp3) is 1.00. The fourth-order valence-electron chi connectivity index (χ4n) is 2.80. The second-order valence-corrected chi connectivity index (χ2v) is 4.92. The Morgan fingerprint density at radius 1 is 1.20 bits per heavy atom. The lowest BCUT2D eigenvalue weighted by Gasteiger charge is -2.36. The summed E-state index contributed by atoms with van der Waals surface area (Å²) >= 11 is 0. The molecule has 0 aromatic carbocycles. The highest BCUT2D eigenvalue weighted by Gasteiger charge is 2.22. The second kappa shape index (κ2) is 5.83. The minimum Gasteiger partial charge on any atom is -0.317 e. The molecule has 2 fully saturated rings. The van der Waals surface area contributed by atoms with E-state index in [1.54, 1.807) is 0 Å². The first-order valence-electron chi connectivity index (χ1n) is 6.57. The van der Waals surface area contributed by atoms with Crippen LogP contribution in [0.4, 0.5) is 0 Å². The molecule has 2 N–H and O–H groups in total. The molecule has 2 rings (SSSR count). The Hall–Kier alpha value is -0.120. The molecular weight excluding hydrogens is 186 g/mol. The molecule has 3 nitrogen and oxygen atoms in total. The Morgan fingerprint density at radius 2 is 2.00 bits per heavy atom. The molecule has 2 aliphatic heterocycles. The molecule has 0 bridgehead atoms. The van der Waals surface area contributed by atoms with Crippen molar-refractivity contribution in [2.75, 3.05) is 32.7 Å². The van der Waals surface area contributed by atoms with Gasteiger partial charge in [0, 0.05) is 18.6 Å². The first kappa shape index (κ1) is 11.4. The van der Waals surface area contributed by atoms with Crippen LogP contribution in [0.25, 0.3) is 0 Å². The molecule has 15 heavy (non-hydrogen) atoms. The number of hydrogen-bond donors (Lipinski definition) is 2. The monoisotopic (exact) mass is 211 g/mol. The van der Waals surface area contributed by atoms with Crippen LogP contribution in [0.1, 0.15) is 32.6 Å². The van der Waals surface area contributed by atoms with Gasteiger partial charge >= 0.3 is 0 Å². The number of hydrogen-bond acceptors (Lipinski definition) is 3. The summed E-state index contributed by atoms with van der Waals surface area (Å²) in [6, 6.07) is 1.52. The van der Waals surface area contributed by atoms with Crippen molar-refractivity contribution < 1.29 is 0 Å². The van der Waals surface area contributed by atoms with Gasteiger partial charge in [0.25, 0.3) is 0 Å². The maximum atomic E-state index is 3.84. The molecule has 0 saturated carbocycles. The lowest BCUT2D eigenvalue weighted by Crippen LogP contribution is -2.51. The van der Waals surface area contributed by atoms with Crippen molar-refractivity contribution in [3.63, 3.8) is 0 Å². The summed E-state index contributed by atoms with van der Waals surface area (Å²) in [5, 5.41) is 7.26. The van der Waals surface area contributed by atoms with Crippen molar-refractivity contribution >= 4 is 0 Å². The number of piperidine rings is 2. The Kier molecular flexibility index (Phi) is 4.42. The highest BCUT2D eigenvalue weighted by atomic mass is 15.2. The van der Waals surface area contributed by atoms with Crippen molar-refractivity contribution in [1.29, 1.82) is 0 Å². The SMILES string of the molecule is CCN1CCCC(NC2CCNCC2)C1. The van der Waals surface area contributed by atoms with E-state index in [4.69, 9.17) is 0 Å². The molecule has 0 aromatic rings. The van der Waals surface area contributed by atoms with Crippen molar-refractivity contribution in [2.45, 2.75) is 44.7 Å². The number of nitrogens with zero attached hydrogens (tertiary/aromatic N) is 1. The summed E-state index contributed by atoms with van der Waals surface area (Å²) in [4.78, 5) is 2.57. The van der Waals surface area contributed by atoms with Crippen LogP contribution in [-0.4, -0.2) is 49.7 Å². The van der Waals surface area contributed by atoms with Gasteiger partial charge in [0.05, 0.1) is 0 Å². The first-order valence-corrected chi connectivity index (χ1v) is 6.57. The Balaban J connectivity index is 1.72. The zero-order valence-corrected chi connectivity index (χ0v) is 9.97. The topological polar surface area (TPSA) is 27.3 Å². The summed E-state index contributed by atoms with van der Waals surface area (Å²) in [7, 11) is 0. The largest absolute Gasteiger partial charge is 0.317 e. The van der Waals surface area contributed by atoms with E-state index < -0.39 is 0 Å². The van der Waals surface area contributed by atoms with Gasteiger partial charge in [0.2, 0.25) is 0 Å². The van der Waals surface area contributed by atoms with E-state index >= 15 is 0 Å². The fourth-order valence-corrected chi connectivity index (χ4v) is 2.80. The van der Waals surface area contributed by atoms with Crippen LogP contribution in [0.5, 0.6) is 0 Å². The Bertz CT molecular complexity index is 178. The number of likely N-dealkylation sites (tertiary alicyclic amines) is 1. The molecule has 0 amide bonds. The van der Waals surface area contributed by atoms with E-state index in [0.29, 0.717) is 0 Å². The minimum atomic E-state index is 0.752. The lowest BCUT2D eigenvalue weighted by molar-refractivity contribution is 0.184. The van der Waals surface area contributed by atoms with Crippen LogP contribution in [0.2, 0.25) is 0 Å². The van der Waals surface area contributed by atoms with Crippen molar-refractivity contribution in [3.8, 4) is 0 Å². The van der Waals surface area contributed by atoms with Gasteiger partial charge < -0.3 is 15.5 Å². The third kappa shape index (κ3) is 3.44. The molecule has 0 aliphatic carbocycles. The summed E-state index contributed by atoms with van der Waals surface area (Å²) in [5.74, 6) is 0. The lowest BCUT2D eigenvalue weighted by atomic mass is 10.0. The molecular formula is C12H25N3. The van der Waals surface area contributed by atoms with Crippen molar-refractivity contribution in [3.05, 3.63) is 0 Å². The maximum absolute atomic E-state index is 3.84. The van der Waals surface area contributed by atoms with Gasteiger partial charge in [-0.05, 0) is 51.9 Å². The predicted octanol–water partition coefficient (Wildman–Crippen LogP) is 0.812. The van der Waals surface area contributed by atoms with Crippen LogP contribution in [-0.2, 0) is 0 Å². The zero-order chi connectivity index (χ0) is 10.5. The Labute approximate surface area is 93.6 Å². The van der Waals surface area contributed by atoms with Gasteiger partial charge in [0.15, 0.2) is 0 Å². The van der Waals surface area contributed by atoms with Crippen molar-refractivity contribution in [1.82, 2.24) is 15.5 Å². The second-order valence-electron chi connectivity index (χ2n) is 4.92.